The molecule has 1 amide bonds. The Morgan fingerprint density at radius 2 is 2.13 bits per heavy atom. The number of benzene rings is 1. The van der Waals surface area contributed by atoms with Crippen LogP contribution in [0.15, 0.2) is 32.1 Å². The summed E-state index contributed by atoms with van der Waals surface area (Å²) in [7, 11) is 3.88. The van der Waals surface area contributed by atoms with Crippen LogP contribution in [0.3, 0.4) is 0 Å². The number of fused-ring (bicyclic) bond motifs is 2. The molecule has 1 aromatic carbocycles. The van der Waals surface area contributed by atoms with Gasteiger partial charge >= 0.3 is 0 Å². The van der Waals surface area contributed by atoms with Crippen molar-refractivity contribution in [3.8, 4) is 0 Å². The number of nitrogens with two attached hydrogens (primary N) is 1. The predicted octanol–water partition coefficient (Wildman–Crippen LogP) is 1.57. The molecule has 8 heteroatoms. The highest BCUT2D eigenvalue weighted by atomic mass is 79.9. The van der Waals surface area contributed by atoms with Crippen molar-refractivity contribution in [1.29, 1.82) is 0 Å². The van der Waals surface area contributed by atoms with E-state index in [2.05, 4.69) is 20.9 Å². The van der Waals surface area contributed by atoms with Crippen molar-refractivity contribution in [2.24, 2.45) is 5.73 Å². The topological polar surface area (TPSA) is 94.4 Å². The number of hydrogen-bond donors (Lipinski definition) is 1. The third-order valence-corrected chi connectivity index (χ3v) is 4.39. The molecule has 3 rings (SSSR count). The molecule has 0 aliphatic carbocycles. The van der Waals surface area contributed by atoms with Crippen molar-refractivity contribution in [3.63, 3.8) is 0 Å². The van der Waals surface area contributed by atoms with Gasteiger partial charge in [0, 0.05) is 18.5 Å². The molecule has 0 saturated heterocycles. The Morgan fingerprint density at radius 1 is 1.39 bits per heavy atom. The van der Waals surface area contributed by atoms with Crippen LogP contribution in [0.5, 0.6) is 0 Å². The minimum absolute atomic E-state index is 0.0453. The van der Waals surface area contributed by atoms with Crippen LogP contribution >= 0.6 is 15.9 Å². The Morgan fingerprint density at radius 3 is 2.78 bits per heavy atom. The van der Waals surface area contributed by atoms with Gasteiger partial charge in [-0.25, -0.2) is 4.98 Å². The number of aromatic nitrogens is 2. The zero-order valence-electron chi connectivity index (χ0n) is 12.7. The fraction of sp³-hybridized carbons (Fsp3) is 0.267. The second-order valence-corrected chi connectivity index (χ2v) is 6.31. The average Bonchev–Trinajstić information content (AvgIpc) is 2.92. The minimum atomic E-state index is -0.659. The van der Waals surface area contributed by atoms with Crippen LogP contribution in [-0.4, -0.2) is 41.0 Å². The Bertz CT molecular complexity index is 974. The molecule has 0 spiro atoms. The molecule has 0 radical (unpaired) electrons. The number of carbonyl (C=O) groups is 1. The molecule has 2 N–H and O–H groups in total. The van der Waals surface area contributed by atoms with Gasteiger partial charge in [-0.05, 0) is 42.2 Å². The van der Waals surface area contributed by atoms with E-state index in [1.54, 1.807) is 16.7 Å². The molecule has 23 heavy (non-hydrogen) atoms. The number of likely N-dealkylation sites (N-methyl/N-ethyl adjacent to an activating group) is 1. The van der Waals surface area contributed by atoms with Crippen molar-refractivity contribution in [2.75, 3.05) is 20.6 Å². The first-order valence-electron chi connectivity index (χ1n) is 6.94. The number of nitrogens with zero attached hydrogens (tertiary/aromatic N) is 3. The zero-order chi connectivity index (χ0) is 16.7. The summed E-state index contributed by atoms with van der Waals surface area (Å²) in [6.07, 6.45) is 1.53. The summed E-state index contributed by atoms with van der Waals surface area (Å²) >= 11 is 3.43. The monoisotopic (exact) mass is 378 g/mol. The van der Waals surface area contributed by atoms with Crippen molar-refractivity contribution >= 4 is 43.7 Å². The molecule has 0 aliphatic rings. The molecule has 0 bridgehead atoms. The van der Waals surface area contributed by atoms with Gasteiger partial charge in [0.15, 0.2) is 5.76 Å². The molecule has 2 heterocycles. The summed E-state index contributed by atoms with van der Waals surface area (Å²) in [5, 5.41) is 1.08. The number of amides is 1. The van der Waals surface area contributed by atoms with Crippen molar-refractivity contribution in [3.05, 3.63) is 39.0 Å². The predicted molar refractivity (Wildman–Crippen MR) is 90.5 cm³/mol. The lowest BCUT2D eigenvalue weighted by atomic mass is 10.2. The Labute approximate surface area is 139 Å². The van der Waals surface area contributed by atoms with Gasteiger partial charge in [0.2, 0.25) is 0 Å². The van der Waals surface area contributed by atoms with Gasteiger partial charge in [-0.15, -0.1) is 0 Å². The van der Waals surface area contributed by atoms with E-state index in [4.69, 9.17) is 10.2 Å². The van der Waals surface area contributed by atoms with Gasteiger partial charge in [0.25, 0.3) is 11.5 Å². The second kappa shape index (κ2) is 5.78. The Hall–Kier alpha value is -2.19. The molecule has 0 atom stereocenters. The highest BCUT2D eigenvalue weighted by Gasteiger charge is 2.16. The first kappa shape index (κ1) is 15.7. The summed E-state index contributed by atoms with van der Waals surface area (Å²) < 4.78 is 7.59. The van der Waals surface area contributed by atoms with Gasteiger partial charge in [-0.2, -0.15) is 0 Å². The van der Waals surface area contributed by atoms with E-state index in [-0.39, 0.29) is 11.3 Å². The van der Waals surface area contributed by atoms with Gasteiger partial charge in [0.1, 0.15) is 5.58 Å². The second-order valence-electron chi connectivity index (χ2n) is 5.52. The van der Waals surface area contributed by atoms with Gasteiger partial charge in [-0.3, -0.25) is 14.2 Å². The number of rotatable bonds is 4. The van der Waals surface area contributed by atoms with E-state index >= 15 is 0 Å². The normalized spacial score (nSPS) is 11.7. The highest BCUT2D eigenvalue weighted by molar-refractivity contribution is 9.10. The van der Waals surface area contributed by atoms with Crippen LogP contribution in [0.1, 0.15) is 10.6 Å². The van der Waals surface area contributed by atoms with E-state index in [1.165, 1.54) is 6.33 Å². The average molecular weight is 379 g/mol. The molecule has 0 fully saturated rings. The molecule has 0 aliphatic heterocycles. The maximum Gasteiger partial charge on any atom is 0.284 e. The molecule has 0 saturated carbocycles. The maximum atomic E-state index is 12.6. The number of primary amides is 1. The summed E-state index contributed by atoms with van der Waals surface area (Å²) in [6, 6.07) is 3.14. The van der Waals surface area contributed by atoms with E-state index in [9.17, 15) is 9.59 Å². The first-order valence-corrected chi connectivity index (χ1v) is 7.73. The smallest absolute Gasteiger partial charge is 0.284 e. The van der Waals surface area contributed by atoms with Gasteiger partial charge in [0.05, 0.1) is 21.7 Å². The van der Waals surface area contributed by atoms with Crippen LogP contribution in [0.25, 0.3) is 21.9 Å². The lowest BCUT2D eigenvalue weighted by molar-refractivity contribution is 0.0976. The fourth-order valence-corrected chi connectivity index (χ4v) is 2.97. The van der Waals surface area contributed by atoms with Crippen LogP contribution in [-0.2, 0) is 6.54 Å². The Kier molecular flexibility index (Phi) is 3.95. The van der Waals surface area contributed by atoms with E-state index in [1.807, 2.05) is 19.0 Å². The lowest BCUT2D eigenvalue weighted by Crippen LogP contribution is -2.26. The molecule has 3 aromatic rings. The fourth-order valence-electron chi connectivity index (χ4n) is 2.34. The largest absolute Gasteiger partial charge is 0.451 e. The molecular weight excluding hydrogens is 364 g/mol. The van der Waals surface area contributed by atoms with E-state index in [0.717, 1.165) is 6.54 Å². The number of halogens is 1. The van der Waals surface area contributed by atoms with Gasteiger partial charge < -0.3 is 15.1 Å². The lowest BCUT2D eigenvalue weighted by Gasteiger charge is -2.11. The maximum absolute atomic E-state index is 12.6. The van der Waals surface area contributed by atoms with Gasteiger partial charge in [-0.1, -0.05) is 0 Å². The van der Waals surface area contributed by atoms with Crippen LogP contribution in [0, 0.1) is 0 Å². The highest BCUT2D eigenvalue weighted by Crippen LogP contribution is 2.32. The number of hydrogen-bond acceptors (Lipinski definition) is 5. The number of carbonyl (C=O) groups excluding carboxylic acids is 1. The van der Waals surface area contributed by atoms with E-state index < -0.39 is 5.91 Å². The zero-order valence-corrected chi connectivity index (χ0v) is 14.3. The molecule has 120 valence electrons. The van der Waals surface area contributed by atoms with Crippen LogP contribution < -0.4 is 11.3 Å². The summed E-state index contributed by atoms with van der Waals surface area (Å²) in [5.74, 6) is -0.613. The summed E-state index contributed by atoms with van der Waals surface area (Å²) in [5.41, 5.74) is 6.03. The van der Waals surface area contributed by atoms with Crippen molar-refractivity contribution < 1.29 is 9.21 Å². The molecule has 0 unspecified atom stereocenters. The Balaban J connectivity index is 2.22. The third kappa shape index (κ3) is 2.75. The quantitative estimate of drug-likeness (QED) is 0.743. The molecular formula is C15H15BrN4O3. The third-order valence-electron chi connectivity index (χ3n) is 3.58. The standard InChI is InChI=1S/C15H15BrN4O3/c1-19(2)3-4-20-7-18-13-9(15(20)22)6-10-8(12(13)16)5-11(23-10)14(17)21/h5-7H,3-4H2,1-2H3,(H2,17,21). The SMILES string of the molecule is CN(C)CCn1cnc2c(Br)c3cc(C(N)=O)oc3cc2c1=O. The molecule has 2 aromatic heterocycles. The summed E-state index contributed by atoms with van der Waals surface area (Å²) in [6.45, 7) is 1.26. The van der Waals surface area contributed by atoms with Crippen molar-refractivity contribution in [2.45, 2.75) is 6.54 Å². The van der Waals surface area contributed by atoms with E-state index in [0.29, 0.717) is 32.9 Å². The van der Waals surface area contributed by atoms with Crippen LogP contribution in [0.4, 0.5) is 0 Å². The first-order chi connectivity index (χ1) is 10.9. The minimum Gasteiger partial charge on any atom is -0.451 e. The van der Waals surface area contributed by atoms with Crippen molar-refractivity contribution in [1.82, 2.24) is 14.5 Å². The van der Waals surface area contributed by atoms with Crippen LogP contribution in [0.2, 0.25) is 0 Å². The summed E-state index contributed by atoms with van der Waals surface area (Å²) in [4.78, 5) is 30.3. The molecule has 7 nitrogen and oxygen atoms in total. The number of furan rings is 1.